The molecule has 0 unspecified atom stereocenters. The lowest BCUT2D eigenvalue weighted by Gasteiger charge is -1.95. The van der Waals surface area contributed by atoms with Gasteiger partial charge in [-0.3, -0.25) is 0 Å². The molecule has 0 heterocycles. The van der Waals surface area contributed by atoms with Gasteiger partial charge in [-0.1, -0.05) is 36.8 Å². The molecule has 0 bridgehead atoms. The molecule has 0 fully saturated rings. The first-order valence-electron chi connectivity index (χ1n) is 6.45. The molecule has 0 saturated carbocycles. The molecule has 0 aromatic heterocycles. The molecule has 0 N–H and O–H groups in total. The number of hydrogen-bond donors (Lipinski definition) is 0. The van der Waals surface area contributed by atoms with Crippen molar-refractivity contribution in [2.24, 2.45) is 0 Å². The van der Waals surface area contributed by atoms with E-state index >= 15 is 0 Å². The lowest BCUT2D eigenvalue weighted by molar-refractivity contribution is 1.14. The molecule has 0 spiro atoms. The molecule has 0 saturated heterocycles. The van der Waals surface area contributed by atoms with Gasteiger partial charge in [0.15, 0.2) is 0 Å². The number of rotatable bonds is 1. The molecule has 0 atom stereocenters. The summed E-state index contributed by atoms with van der Waals surface area (Å²) >= 11 is 0. The molecule has 92 valence electrons. The van der Waals surface area contributed by atoms with E-state index in [0.717, 1.165) is 23.1 Å². The molecule has 0 amide bonds. The lowest BCUT2D eigenvalue weighted by atomic mass is 10.1. The molecule has 0 aliphatic carbocycles. The van der Waals surface area contributed by atoms with Crippen LogP contribution < -0.4 is 0 Å². The summed E-state index contributed by atoms with van der Waals surface area (Å²) in [5.74, 6) is 12.3. The van der Waals surface area contributed by atoms with Crippen LogP contribution in [0.5, 0.6) is 0 Å². The highest BCUT2D eigenvalue weighted by molar-refractivity contribution is 5.46. The monoisotopic (exact) mass is 244 g/mol. The predicted molar refractivity (Wildman–Crippen MR) is 80.8 cm³/mol. The first kappa shape index (κ1) is 13.0. The normalized spacial score (nSPS) is 8.95. The third-order valence-corrected chi connectivity index (χ3v) is 2.87. The summed E-state index contributed by atoms with van der Waals surface area (Å²) in [6.07, 6.45) is 1.06. The fourth-order valence-corrected chi connectivity index (χ4v) is 1.75. The number of aryl methyl sites for hydroxylation is 1. The van der Waals surface area contributed by atoms with Gasteiger partial charge in [0.25, 0.3) is 0 Å². The van der Waals surface area contributed by atoms with Crippen LogP contribution in [0.4, 0.5) is 0 Å². The second-order valence-electron chi connectivity index (χ2n) is 4.25. The highest BCUT2D eigenvalue weighted by Gasteiger charge is 1.90. The minimum Gasteiger partial charge on any atom is -0.101 e. The van der Waals surface area contributed by atoms with Gasteiger partial charge < -0.3 is 0 Å². The Morgan fingerprint density at radius 2 is 1.11 bits per heavy atom. The minimum atomic E-state index is 1.02. The number of hydrogen-bond acceptors (Lipinski definition) is 0. The maximum absolute atomic E-state index is 3.18. The smallest absolute Gasteiger partial charge is 0.0249 e. The molecule has 0 radical (unpaired) electrons. The van der Waals surface area contributed by atoms with Gasteiger partial charge in [0.05, 0.1) is 0 Å². The summed E-state index contributed by atoms with van der Waals surface area (Å²) in [6, 6.07) is 16.4. The van der Waals surface area contributed by atoms with Gasteiger partial charge in [-0.25, -0.2) is 0 Å². The largest absolute Gasteiger partial charge is 0.101 e. The predicted octanol–water partition coefficient (Wildman–Crippen LogP) is 4.02. The molecule has 19 heavy (non-hydrogen) atoms. The SMILES string of the molecule is CC#Cc1ccc(C#Cc2ccc(CC)cc2)cc1. The molecule has 2 rings (SSSR count). The van der Waals surface area contributed by atoms with Crippen molar-refractivity contribution in [1.82, 2.24) is 0 Å². The highest BCUT2D eigenvalue weighted by atomic mass is 13.9. The fraction of sp³-hybridized carbons (Fsp3) is 0.158. The zero-order valence-corrected chi connectivity index (χ0v) is 11.3. The average molecular weight is 244 g/mol. The molecule has 2 aromatic carbocycles. The van der Waals surface area contributed by atoms with Crippen LogP contribution in [0.15, 0.2) is 48.5 Å². The van der Waals surface area contributed by atoms with E-state index in [9.17, 15) is 0 Å². The van der Waals surface area contributed by atoms with Crippen LogP contribution in [-0.2, 0) is 6.42 Å². The Balaban J connectivity index is 2.15. The van der Waals surface area contributed by atoms with E-state index in [-0.39, 0.29) is 0 Å². The van der Waals surface area contributed by atoms with E-state index < -0.39 is 0 Å². The van der Waals surface area contributed by atoms with Crippen LogP contribution in [0.2, 0.25) is 0 Å². The van der Waals surface area contributed by atoms with E-state index in [1.807, 2.05) is 31.2 Å². The number of benzene rings is 2. The van der Waals surface area contributed by atoms with Gasteiger partial charge in [0, 0.05) is 16.7 Å². The second kappa shape index (κ2) is 6.48. The Morgan fingerprint density at radius 3 is 1.53 bits per heavy atom. The van der Waals surface area contributed by atoms with Gasteiger partial charge in [0.1, 0.15) is 0 Å². The van der Waals surface area contributed by atoms with Crippen LogP contribution in [0.1, 0.15) is 36.1 Å². The standard InChI is InChI=1S/C19H16/c1-3-5-17-10-12-19(13-11-17)15-14-18-8-6-16(4-2)7-9-18/h6-13H,4H2,1-2H3. The average Bonchev–Trinajstić information content (AvgIpc) is 2.47. The van der Waals surface area contributed by atoms with Crippen molar-refractivity contribution < 1.29 is 0 Å². The first-order valence-corrected chi connectivity index (χ1v) is 6.45. The summed E-state index contributed by atoms with van der Waals surface area (Å²) < 4.78 is 0. The van der Waals surface area contributed by atoms with Gasteiger partial charge >= 0.3 is 0 Å². The Hall–Kier alpha value is -2.44. The van der Waals surface area contributed by atoms with Gasteiger partial charge in [-0.05, 0) is 55.3 Å². The lowest BCUT2D eigenvalue weighted by Crippen LogP contribution is -1.81. The molecule has 0 nitrogen and oxygen atoms in total. The van der Waals surface area contributed by atoms with Crippen molar-refractivity contribution in [2.75, 3.05) is 0 Å². The maximum atomic E-state index is 3.18. The Kier molecular flexibility index (Phi) is 4.44. The third kappa shape index (κ3) is 3.77. The van der Waals surface area contributed by atoms with Crippen molar-refractivity contribution in [3.8, 4) is 23.7 Å². The van der Waals surface area contributed by atoms with Gasteiger partial charge in [-0.15, -0.1) is 5.92 Å². The minimum absolute atomic E-state index is 1.02. The second-order valence-corrected chi connectivity index (χ2v) is 4.25. The summed E-state index contributed by atoms with van der Waals surface area (Å²) in [5, 5.41) is 0. The molecule has 0 aliphatic rings. The van der Waals surface area contributed by atoms with Crippen LogP contribution >= 0.6 is 0 Å². The molecule has 2 aromatic rings. The topological polar surface area (TPSA) is 0 Å². The van der Waals surface area contributed by atoms with E-state index in [1.165, 1.54) is 5.56 Å². The van der Waals surface area contributed by atoms with E-state index in [4.69, 9.17) is 0 Å². The first-order chi connectivity index (χ1) is 9.31. The molecule has 0 aliphatic heterocycles. The fourth-order valence-electron chi connectivity index (χ4n) is 1.75. The highest BCUT2D eigenvalue weighted by Crippen LogP contribution is 2.05. The molecular weight excluding hydrogens is 228 g/mol. The zero-order chi connectivity index (χ0) is 13.5. The maximum Gasteiger partial charge on any atom is 0.0249 e. The van der Waals surface area contributed by atoms with Crippen LogP contribution in [-0.4, -0.2) is 0 Å². The van der Waals surface area contributed by atoms with Crippen LogP contribution in [0, 0.1) is 23.7 Å². The van der Waals surface area contributed by atoms with E-state index in [2.05, 4.69) is 54.9 Å². The summed E-state index contributed by atoms with van der Waals surface area (Å²) in [6.45, 7) is 4.00. The van der Waals surface area contributed by atoms with Gasteiger partial charge in [0.2, 0.25) is 0 Å². The zero-order valence-electron chi connectivity index (χ0n) is 11.3. The van der Waals surface area contributed by atoms with Crippen molar-refractivity contribution in [3.05, 3.63) is 70.8 Å². The summed E-state index contributed by atoms with van der Waals surface area (Å²) in [7, 11) is 0. The van der Waals surface area contributed by atoms with Crippen molar-refractivity contribution in [2.45, 2.75) is 20.3 Å². The Morgan fingerprint density at radius 1 is 0.684 bits per heavy atom. The third-order valence-electron chi connectivity index (χ3n) is 2.87. The van der Waals surface area contributed by atoms with Crippen molar-refractivity contribution >= 4 is 0 Å². The van der Waals surface area contributed by atoms with Crippen LogP contribution in [0.25, 0.3) is 0 Å². The quantitative estimate of drug-likeness (QED) is 0.665. The van der Waals surface area contributed by atoms with Crippen molar-refractivity contribution in [1.29, 1.82) is 0 Å². The van der Waals surface area contributed by atoms with E-state index in [0.29, 0.717) is 0 Å². The van der Waals surface area contributed by atoms with E-state index in [1.54, 1.807) is 0 Å². The molecule has 0 heteroatoms. The summed E-state index contributed by atoms with van der Waals surface area (Å²) in [5.41, 5.74) is 4.43. The summed E-state index contributed by atoms with van der Waals surface area (Å²) in [4.78, 5) is 0. The Labute approximate surface area is 115 Å². The van der Waals surface area contributed by atoms with Crippen molar-refractivity contribution in [3.63, 3.8) is 0 Å². The Bertz CT molecular complexity index is 650. The van der Waals surface area contributed by atoms with Crippen LogP contribution in [0.3, 0.4) is 0 Å². The molecular formula is C19H16. The van der Waals surface area contributed by atoms with Gasteiger partial charge in [-0.2, -0.15) is 0 Å².